The van der Waals surface area contributed by atoms with E-state index in [1.54, 1.807) is 12.4 Å². The van der Waals surface area contributed by atoms with Crippen LogP contribution in [0.3, 0.4) is 0 Å². The van der Waals surface area contributed by atoms with E-state index in [2.05, 4.69) is 27.2 Å². The number of aliphatic hydroxyl groups excluding tert-OH is 1. The van der Waals surface area contributed by atoms with Crippen molar-refractivity contribution in [3.63, 3.8) is 0 Å². The molecule has 0 fully saturated rings. The fraction of sp³-hybridized carbons (Fsp3) is 0.500. The molecule has 0 aliphatic carbocycles. The summed E-state index contributed by atoms with van der Waals surface area (Å²) in [5, 5.41) is 13.7. The monoisotopic (exact) mass is 370 g/mol. The van der Waals surface area contributed by atoms with Crippen molar-refractivity contribution >= 4 is 5.82 Å². The summed E-state index contributed by atoms with van der Waals surface area (Å²) in [6, 6.07) is 5.71. The normalized spacial score (nSPS) is 10.7. The summed E-state index contributed by atoms with van der Waals surface area (Å²) < 4.78 is 5.74. The molecule has 0 amide bonds. The van der Waals surface area contributed by atoms with Gasteiger partial charge in [0, 0.05) is 19.1 Å². The maximum atomic E-state index is 9.13. The zero-order valence-electron chi connectivity index (χ0n) is 15.7. The van der Waals surface area contributed by atoms with Gasteiger partial charge in [0.05, 0.1) is 11.9 Å². The zero-order valence-corrected chi connectivity index (χ0v) is 18.8. The molecular formula is C18H27KN4O2. The van der Waals surface area contributed by atoms with E-state index in [1.165, 1.54) is 6.33 Å². The zero-order chi connectivity index (χ0) is 17.6. The minimum atomic E-state index is 0. The number of pyridine rings is 1. The van der Waals surface area contributed by atoms with Gasteiger partial charge in [-0.05, 0) is 30.4 Å². The van der Waals surface area contributed by atoms with E-state index in [0.717, 1.165) is 18.5 Å². The first-order valence-corrected chi connectivity index (χ1v) is 8.48. The van der Waals surface area contributed by atoms with Gasteiger partial charge in [-0.15, -0.1) is 0 Å². The number of rotatable bonds is 9. The Balaban J connectivity index is 0.00000185. The maximum Gasteiger partial charge on any atom is 1.00 e. The van der Waals surface area contributed by atoms with Crippen LogP contribution in [0, 0.1) is 0 Å². The number of aromatic nitrogens is 3. The molecule has 0 unspecified atom stereocenters. The van der Waals surface area contributed by atoms with Crippen molar-refractivity contribution < 1.29 is 61.2 Å². The van der Waals surface area contributed by atoms with Crippen molar-refractivity contribution in [2.24, 2.45) is 0 Å². The van der Waals surface area contributed by atoms with Crippen LogP contribution in [-0.2, 0) is 6.61 Å². The van der Waals surface area contributed by atoms with E-state index >= 15 is 0 Å². The molecule has 7 heteroatoms. The topological polar surface area (TPSA) is 82.2 Å². The van der Waals surface area contributed by atoms with Crippen molar-refractivity contribution in [1.82, 2.24) is 15.0 Å². The van der Waals surface area contributed by atoms with Gasteiger partial charge in [-0.25, -0.2) is 0 Å². The summed E-state index contributed by atoms with van der Waals surface area (Å²) in [7, 11) is 0. The van der Waals surface area contributed by atoms with E-state index in [4.69, 9.17) is 9.84 Å². The van der Waals surface area contributed by atoms with E-state index in [1.807, 2.05) is 32.0 Å². The number of nitrogens with zero attached hydrogens (tertiary/aromatic N) is 4. The Kier molecular flexibility index (Phi) is 15.3. The molecule has 2 heterocycles. The van der Waals surface area contributed by atoms with Gasteiger partial charge in [0.1, 0.15) is 12.4 Å². The van der Waals surface area contributed by atoms with Crippen LogP contribution in [0.2, 0.25) is 0 Å². The Bertz CT molecular complexity index is 552. The summed E-state index contributed by atoms with van der Waals surface area (Å²) in [5.41, 5.74) is 0.831. The van der Waals surface area contributed by atoms with Crippen LogP contribution in [0.15, 0.2) is 36.9 Å². The molecule has 2 aromatic rings. The van der Waals surface area contributed by atoms with E-state index in [-0.39, 0.29) is 64.0 Å². The molecule has 25 heavy (non-hydrogen) atoms. The molecule has 0 saturated carbocycles. The van der Waals surface area contributed by atoms with Crippen LogP contribution >= 0.6 is 0 Å². The maximum absolute atomic E-state index is 9.13. The van der Waals surface area contributed by atoms with Gasteiger partial charge in [-0.3, -0.25) is 9.97 Å². The SMILES string of the molecule is CC.CCC[C@@H](CCO)[N-]c1ncncc1OCc1ccccn1.[K+]. The molecule has 1 atom stereocenters. The molecule has 132 valence electrons. The molecular weight excluding hydrogens is 343 g/mol. The van der Waals surface area contributed by atoms with Crippen molar-refractivity contribution in [2.75, 3.05) is 6.61 Å². The minimum absolute atomic E-state index is 0. The van der Waals surface area contributed by atoms with Crippen LogP contribution in [0.1, 0.15) is 45.7 Å². The quantitative estimate of drug-likeness (QED) is 0.667. The van der Waals surface area contributed by atoms with Gasteiger partial charge in [0.15, 0.2) is 0 Å². The Morgan fingerprint density at radius 1 is 1.20 bits per heavy atom. The first-order chi connectivity index (χ1) is 11.8. The largest absolute Gasteiger partial charge is 1.00 e. The summed E-state index contributed by atoms with van der Waals surface area (Å²) in [6.07, 6.45) is 7.32. The molecule has 0 aliphatic rings. The Labute approximate surface area is 193 Å². The number of ether oxygens (including phenoxy) is 1. The van der Waals surface area contributed by atoms with Crippen LogP contribution in [0.4, 0.5) is 5.82 Å². The first-order valence-electron chi connectivity index (χ1n) is 8.48. The Hall–Kier alpha value is -0.574. The van der Waals surface area contributed by atoms with Gasteiger partial charge < -0.3 is 20.1 Å². The predicted octanol–water partition coefficient (Wildman–Crippen LogP) is 1.04. The Morgan fingerprint density at radius 2 is 2.00 bits per heavy atom. The molecule has 0 aliphatic heterocycles. The number of aliphatic hydroxyl groups is 1. The average Bonchev–Trinajstić information content (AvgIpc) is 2.64. The summed E-state index contributed by atoms with van der Waals surface area (Å²) >= 11 is 0. The number of hydrogen-bond acceptors (Lipinski definition) is 5. The second-order valence-electron chi connectivity index (χ2n) is 4.90. The summed E-state index contributed by atoms with van der Waals surface area (Å²) in [4.78, 5) is 12.4. The second kappa shape index (κ2) is 15.7. The molecule has 0 aromatic carbocycles. The van der Waals surface area contributed by atoms with Gasteiger partial charge in [0.25, 0.3) is 0 Å². The molecule has 6 nitrogen and oxygen atoms in total. The number of hydrogen-bond donors (Lipinski definition) is 1. The molecule has 1 N–H and O–H groups in total. The standard InChI is InChI=1S/C16H21N4O2.C2H6.K/c1-2-5-13(7-9-21)20-16-15(10-17-12-19-16)22-11-14-6-3-4-8-18-14;1-2;/h3-4,6,8,10,12-13,21H,2,5,7,9,11H2,1H3;1-2H3;/q-1;;+1/t13-;;/m0../s1. The van der Waals surface area contributed by atoms with Crippen molar-refractivity contribution in [3.05, 3.63) is 47.9 Å². The van der Waals surface area contributed by atoms with Gasteiger partial charge in [0.2, 0.25) is 0 Å². The van der Waals surface area contributed by atoms with Crippen LogP contribution in [0.5, 0.6) is 5.75 Å². The fourth-order valence-corrected chi connectivity index (χ4v) is 2.07. The van der Waals surface area contributed by atoms with Crippen LogP contribution in [0.25, 0.3) is 5.32 Å². The molecule has 0 spiro atoms. The third-order valence-corrected chi connectivity index (χ3v) is 3.15. The fourth-order valence-electron chi connectivity index (χ4n) is 2.07. The molecule has 0 bridgehead atoms. The first kappa shape index (κ1) is 24.4. The smallest absolute Gasteiger partial charge is 0.486 e. The van der Waals surface area contributed by atoms with Gasteiger partial charge >= 0.3 is 51.4 Å². The summed E-state index contributed by atoms with van der Waals surface area (Å²) in [5.74, 6) is 1.06. The van der Waals surface area contributed by atoms with Gasteiger partial charge in [-0.1, -0.05) is 39.7 Å². The van der Waals surface area contributed by atoms with Crippen LogP contribution in [-0.4, -0.2) is 32.7 Å². The van der Waals surface area contributed by atoms with Crippen LogP contribution < -0.4 is 56.1 Å². The van der Waals surface area contributed by atoms with Gasteiger partial charge in [-0.2, -0.15) is 0 Å². The predicted molar refractivity (Wildman–Crippen MR) is 95.4 cm³/mol. The third-order valence-electron chi connectivity index (χ3n) is 3.15. The average molecular weight is 371 g/mol. The molecule has 2 aromatic heterocycles. The molecule has 0 radical (unpaired) electrons. The summed E-state index contributed by atoms with van der Waals surface area (Å²) in [6.45, 7) is 6.55. The van der Waals surface area contributed by atoms with Crippen molar-refractivity contribution in [3.8, 4) is 5.75 Å². The second-order valence-corrected chi connectivity index (χ2v) is 4.90. The van der Waals surface area contributed by atoms with E-state index in [0.29, 0.717) is 24.6 Å². The van der Waals surface area contributed by atoms with Crippen molar-refractivity contribution in [1.29, 1.82) is 0 Å². The Morgan fingerprint density at radius 3 is 2.64 bits per heavy atom. The van der Waals surface area contributed by atoms with Crippen molar-refractivity contribution in [2.45, 2.75) is 52.7 Å². The molecule has 2 rings (SSSR count). The van der Waals surface area contributed by atoms with E-state index in [9.17, 15) is 0 Å². The minimum Gasteiger partial charge on any atom is -0.486 e. The third kappa shape index (κ3) is 9.63. The van der Waals surface area contributed by atoms with E-state index < -0.39 is 0 Å². The molecule has 0 saturated heterocycles.